The SMILES string of the molecule is O=C(NC1CCCCC1)[C@@H](c1ccc(Cl)cc1)N(C(=O)c1cnccn1)c1ccc2c(c1)OCCO2. The van der Waals surface area contributed by atoms with E-state index < -0.39 is 11.9 Å². The Kier molecular flexibility index (Phi) is 7.32. The van der Waals surface area contributed by atoms with Gasteiger partial charge in [-0.25, -0.2) is 4.98 Å². The van der Waals surface area contributed by atoms with Crippen molar-refractivity contribution in [1.29, 1.82) is 0 Å². The van der Waals surface area contributed by atoms with Crippen molar-refractivity contribution in [3.05, 3.63) is 77.3 Å². The molecule has 2 amide bonds. The van der Waals surface area contributed by atoms with Crippen molar-refractivity contribution >= 4 is 29.1 Å². The summed E-state index contributed by atoms with van der Waals surface area (Å²) in [6, 6.07) is 11.3. The molecule has 0 spiro atoms. The Morgan fingerprint density at radius 1 is 0.972 bits per heavy atom. The smallest absolute Gasteiger partial charge is 0.279 e. The summed E-state index contributed by atoms with van der Waals surface area (Å²) >= 11 is 6.16. The van der Waals surface area contributed by atoms with Gasteiger partial charge >= 0.3 is 0 Å². The topological polar surface area (TPSA) is 93.7 Å². The largest absolute Gasteiger partial charge is 0.486 e. The lowest BCUT2D eigenvalue weighted by Gasteiger charge is -2.33. The predicted molar refractivity (Wildman–Crippen MR) is 135 cm³/mol. The van der Waals surface area contributed by atoms with Gasteiger partial charge in [-0.15, -0.1) is 0 Å². The lowest BCUT2D eigenvalue weighted by atomic mass is 9.94. The molecule has 0 unspecified atom stereocenters. The maximum absolute atomic E-state index is 13.9. The van der Waals surface area contributed by atoms with Crippen LogP contribution in [0.5, 0.6) is 11.5 Å². The molecule has 8 nitrogen and oxygen atoms in total. The van der Waals surface area contributed by atoms with Crippen LogP contribution in [-0.2, 0) is 4.79 Å². The first-order valence-electron chi connectivity index (χ1n) is 12.2. The standard InChI is InChI=1S/C27H27ClN4O4/c28-19-8-6-18(7-9-19)25(26(33)31-20-4-2-1-3-5-20)32(27(34)22-17-29-12-13-30-22)21-10-11-23-24(16-21)36-15-14-35-23/h6-13,16-17,20,25H,1-5,14-15H2,(H,31,33)/t25-/m1/s1. The molecule has 0 saturated heterocycles. The number of ether oxygens (including phenoxy) is 2. The molecule has 186 valence electrons. The highest BCUT2D eigenvalue weighted by molar-refractivity contribution is 6.30. The van der Waals surface area contributed by atoms with Crippen LogP contribution in [0.2, 0.25) is 5.02 Å². The number of benzene rings is 2. The van der Waals surface area contributed by atoms with Crippen LogP contribution >= 0.6 is 11.6 Å². The number of hydrogen-bond acceptors (Lipinski definition) is 6. The first-order chi connectivity index (χ1) is 17.6. The van der Waals surface area contributed by atoms with E-state index in [1.807, 2.05) is 0 Å². The average Bonchev–Trinajstić information content (AvgIpc) is 2.93. The molecule has 1 aliphatic carbocycles. The third kappa shape index (κ3) is 5.28. The van der Waals surface area contributed by atoms with Gasteiger partial charge in [-0.3, -0.25) is 19.5 Å². The van der Waals surface area contributed by atoms with Crippen LogP contribution in [0.3, 0.4) is 0 Å². The van der Waals surface area contributed by atoms with E-state index in [0.29, 0.717) is 41.0 Å². The number of rotatable bonds is 6. The van der Waals surface area contributed by atoms with Crippen molar-refractivity contribution < 1.29 is 19.1 Å². The molecular formula is C27H27ClN4O4. The maximum Gasteiger partial charge on any atom is 0.279 e. The highest BCUT2D eigenvalue weighted by Crippen LogP contribution is 2.38. The third-order valence-corrected chi connectivity index (χ3v) is 6.70. The van der Waals surface area contributed by atoms with Gasteiger partial charge in [0.2, 0.25) is 5.91 Å². The normalized spacial score (nSPS) is 16.1. The molecule has 1 aliphatic heterocycles. The fourth-order valence-corrected chi connectivity index (χ4v) is 4.81. The van der Waals surface area contributed by atoms with Crippen molar-refractivity contribution in [2.24, 2.45) is 0 Å². The summed E-state index contributed by atoms with van der Waals surface area (Å²) < 4.78 is 11.4. The zero-order valence-corrected chi connectivity index (χ0v) is 20.5. The van der Waals surface area contributed by atoms with E-state index in [2.05, 4.69) is 15.3 Å². The summed E-state index contributed by atoms with van der Waals surface area (Å²) in [4.78, 5) is 37.6. The number of nitrogens with one attached hydrogen (secondary N) is 1. The van der Waals surface area contributed by atoms with E-state index >= 15 is 0 Å². The van der Waals surface area contributed by atoms with E-state index in [9.17, 15) is 9.59 Å². The molecule has 3 aromatic rings. The molecule has 1 fully saturated rings. The molecule has 1 aromatic heterocycles. The van der Waals surface area contributed by atoms with Crippen molar-refractivity contribution in [3.8, 4) is 11.5 Å². The zero-order chi connectivity index (χ0) is 24.9. The summed E-state index contributed by atoms with van der Waals surface area (Å²) in [6.07, 6.45) is 9.49. The highest BCUT2D eigenvalue weighted by Gasteiger charge is 2.36. The molecule has 36 heavy (non-hydrogen) atoms. The number of amides is 2. The Morgan fingerprint density at radius 2 is 1.72 bits per heavy atom. The maximum atomic E-state index is 13.9. The zero-order valence-electron chi connectivity index (χ0n) is 19.7. The molecule has 5 rings (SSSR count). The summed E-state index contributed by atoms with van der Waals surface area (Å²) in [7, 11) is 0. The van der Waals surface area contributed by atoms with Gasteiger partial charge in [0.05, 0.1) is 6.20 Å². The Balaban J connectivity index is 1.60. The van der Waals surface area contributed by atoms with Gasteiger partial charge in [-0.2, -0.15) is 0 Å². The summed E-state index contributed by atoms with van der Waals surface area (Å²) in [5.41, 5.74) is 1.23. The molecule has 1 N–H and O–H groups in total. The van der Waals surface area contributed by atoms with Gasteiger partial charge in [-0.1, -0.05) is 43.0 Å². The second kappa shape index (κ2) is 11.0. The molecule has 2 heterocycles. The summed E-state index contributed by atoms with van der Waals surface area (Å²) in [5, 5.41) is 3.73. The van der Waals surface area contributed by atoms with Crippen LogP contribution in [0.25, 0.3) is 0 Å². The predicted octanol–water partition coefficient (Wildman–Crippen LogP) is 4.74. The van der Waals surface area contributed by atoms with Gasteiger partial charge in [0.25, 0.3) is 5.91 Å². The quantitative estimate of drug-likeness (QED) is 0.519. The van der Waals surface area contributed by atoms with Crippen LogP contribution in [0.1, 0.15) is 54.2 Å². The van der Waals surface area contributed by atoms with Crippen LogP contribution in [0, 0.1) is 0 Å². The van der Waals surface area contributed by atoms with Gasteiger partial charge in [0.1, 0.15) is 24.9 Å². The number of hydrogen-bond donors (Lipinski definition) is 1. The first kappa shape index (κ1) is 24.1. The molecule has 1 saturated carbocycles. The number of halogens is 1. The Bertz CT molecular complexity index is 1220. The van der Waals surface area contributed by atoms with Crippen LogP contribution < -0.4 is 19.7 Å². The minimum absolute atomic E-state index is 0.0646. The first-order valence-corrected chi connectivity index (χ1v) is 12.5. The summed E-state index contributed by atoms with van der Waals surface area (Å²) in [5.74, 6) is 0.375. The number of carbonyl (C=O) groups is 2. The molecule has 2 aromatic carbocycles. The van der Waals surface area contributed by atoms with Gasteiger partial charge in [0, 0.05) is 35.2 Å². The second-order valence-corrected chi connectivity index (χ2v) is 9.33. The Hall–Kier alpha value is -3.65. The number of carbonyl (C=O) groups excluding carboxylic acids is 2. The van der Waals surface area contributed by atoms with E-state index in [4.69, 9.17) is 21.1 Å². The van der Waals surface area contributed by atoms with Crippen LogP contribution in [0.4, 0.5) is 5.69 Å². The van der Waals surface area contributed by atoms with Crippen molar-refractivity contribution in [3.63, 3.8) is 0 Å². The number of aromatic nitrogens is 2. The van der Waals surface area contributed by atoms with E-state index in [0.717, 1.165) is 25.7 Å². The van der Waals surface area contributed by atoms with Crippen molar-refractivity contribution in [2.75, 3.05) is 18.1 Å². The summed E-state index contributed by atoms with van der Waals surface area (Å²) in [6.45, 7) is 0.850. The minimum Gasteiger partial charge on any atom is -0.486 e. The Labute approximate surface area is 214 Å². The van der Waals surface area contributed by atoms with Crippen molar-refractivity contribution in [2.45, 2.75) is 44.2 Å². The van der Waals surface area contributed by atoms with Gasteiger partial charge in [-0.05, 0) is 42.7 Å². The van der Waals surface area contributed by atoms with Gasteiger partial charge < -0.3 is 14.8 Å². The average molecular weight is 507 g/mol. The monoisotopic (exact) mass is 506 g/mol. The van der Waals surface area contributed by atoms with Crippen LogP contribution in [-0.4, -0.2) is 41.0 Å². The lowest BCUT2D eigenvalue weighted by Crippen LogP contribution is -2.47. The molecular weight excluding hydrogens is 480 g/mol. The van der Waals surface area contributed by atoms with E-state index in [1.165, 1.54) is 29.9 Å². The highest BCUT2D eigenvalue weighted by atomic mass is 35.5. The number of fused-ring (bicyclic) bond motifs is 1. The molecule has 0 radical (unpaired) electrons. The van der Waals surface area contributed by atoms with Crippen LogP contribution in [0.15, 0.2) is 61.1 Å². The van der Waals surface area contributed by atoms with Crippen molar-refractivity contribution in [1.82, 2.24) is 15.3 Å². The second-order valence-electron chi connectivity index (χ2n) is 8.89. The molecule has 0 bridgehead atoms. The fraction of sp³-hybridized carbons (Fsp3) is 0.333. The molecule has 1 atom stereocenters. The molecule has 9 heteroatoms. The number of nitrogens with zero attached hydrogens (tertiary/aromatic N) is 3. The third-order valence-electron chi connectivity index (χ3n) is 6.45. The Morgan fingerprint density at radius 3 is 2.44 bits per heavy atom. The van der Waals surface area contributed by atoms with E-state index in [1.54, 1.807) is 42.5 Å². The molecule has 2 aliphatic rings. The van der Waals surface area contributed by atoms with E-state index in [-0.39, 0.29) is 17.6 Å². The fourth-order valence-electron chi connectivity index (χ4n) is 4.69. The number of anilines is 1. The van der Waals surface area contributed by atoms with Gasteiger partial charge in [0.15, 0.2) is 11.5 Å². The lowest BCUT2D eigenvalue weighted by molar-refractivity contribution is -0.123. The minimum atomic E-state index is -0.971.